The van der Waals surface area contributed by atoms with Crippen LogP contribution in [-0.4, -0.2) is 37.2 Å². The third-order valence-corrected chi connectivity index (χ3v) is 5.31. The molecule has 1 aromatic carbocycles. The van der Waals surface area contributed by atoms with E-state index in [4.69, 9.17) is 9.47 Å². The molecule has 130 valence electrons. The van der Waals surface area contributed by atoms with Crippen LogP contribution in [0.1, 0.15) is 24.3 Å². The second kappa shape index (κ2) is 8.01. The van der Waals surface area contributed by atoms with Gasteiger partial charge in [0.05, 0.1) is 7.11 Å². The molecule has 5 heteroatoms. The van der Waals surface area contributed by atoms with Gasteiger partial charge in [-0.15, -0.1) is 11.3 Å². The molecule has 1 saturated heterocycles. The summed E-state index contributed by atoms with van der Waals surface area (Å²) in [5.74, 6) is 1.61. The summed E-state index contributed by atoms with van der Waals surface area (Å²) < 4.78 is 11.5. The molecule has 0 amide bonds. The Labute approximate surface area is 148 Å². The average molecular weight is 346 g/mol. The van der Waals surface area contributed by atoms with Crippen molar-refractivity contribution in [1.29, 1.82) is 0 Å². The van der Waals surface area contributed by atoms with Gasteiger partial charge in [-0.2, -0.15) is 0 Å². The van der Waals surface area contributed by atoms with Crippen molar-refractivity contribution in [2.24, 2.45) is 0 Å². The maximum atomic E-state index is 5.92. The van der Waals surface area contributed by atoms with Crippen molar-refractivity contribution in [3.63, 3.8) is 0 Å². The van der Waals surface area contributed by atoms with Crippen LogP contribution in [0.3, 0.4) is 0 Å². The Morgan fingerprint density at radius 3 is 2.88 bits per heavy atom. The van der Waals surface area contributed by atoms with E-state index in [1.807, 2.05) is 12.1 Å². The van der Waals surface area contributed by atoms with Crippen LogP contribution in [0.5, 0.6) is 11.5 Å². The first-order chi connectivity index (χ1) is 11.7. The van der Waals surface area contributed by atoms with E-state index in [1.54, 1.807) is 18.4 Å². The van der Waals surface area contributed by atoms with Gasteiger partial charge in [0.1, 0.15) is 6.61 Å². The van der Waals surface area contributed by atoms with E-state index in [2.05, 4.69) is 47.6 Å². The van der Waals surface area contributed by atoms with Crippen LogP contribution in [0.15, 0.2) is 35.7 Å². The largest absolute Gasteiger partial charge is 0.493 e. The third-order valence-electron chi connectivity index (χ3n) is 4.46. The second-order valence-electron chi connectivity index (χ2n) is 6.44. The predicted molar refractivity (Wildman–Crippen MR) is 99.0 cm³/mol. The number of rotatable bonds is 6. The van der Waals surface area contributed by atoms with E-state index in [0.29, 0.717) is 18.7 Å². The topological polar surface area (TPSA) is 33.7 Å². The molecule has 1 N–H and O–H groups in total. The number of nitrogens with one attached hydrogen (secondary N) is 1. The van der Waals surface area contributed by atoms with Gasteiger partial charge in [0.25, 0.3) is 0 Å². The molecule has 2 atom stereocenters. The maximum Gasteiger partial charge on any atom is 0.161 e. The number of hydrogen-bond acceptors (Lipinski definition) is 5. The summed E-state index contributed by atoms with van der Waals surface area (Å²) in [5.41, 5.74) is 1.26. The zero-order valence-electron chi connectivity index (χ0n) is 14.6. The Balaban J connectivity index is 1.66. The summed E-state index contributed by atoms with van der Waals surface area (Å²) in [6.45, 7) is 8.14. The highest BCUT2D eigenvalue weighted by atomic mass is 32.1. The summed E-state index contributed by atoms with van der Waals surface area (Å²) >= 11 is 1.70. The fourth-order valence-electron chi connectivity index (χ4n) is 3.03. The van der Waals surface area contributed by atoms with E-state index in [-0.39, 0.29) is 0 Å². The van der Waals surface area contributed by atoms with Crippen molar-refractivity contribution in [3.05, 3.63) is 46.2 Å². The summed E-state index contributed by atoms with van der Waals surface area (Å²) in [6, 6.07) is 11.5. The standard InChI is InChI=1S/C19H26N2O2S/c1-14-11-21(15(2)10-20-14)12-16-6-7-18(19(9-16)22-3)23-13-17-5-4-8-24-17/h4-9,14-15,20H,10-13H2,1-3H3. The van der Waals surface area contributed by atoms with Crippen molar-refractivity contribution in [3.8, 4) is 11.5 Å². The summed E-state index contributed by atoms with van der Waals surface area (Å²) in [5, 5.41) is 5.59. The molecule has 24 heavy (non-hydrogen) atoms. The Kier molecular flexibility index (Phi) is 5.76. The second-order valence-corrected chi connectivity index (χ2v) is 7.47. The number of piperazine rings is 1. The number of nitrogens with zero attached hydrogens (tertiary/aromatic N) is 1. The number of benzene rings is 1. The van der Waals surface area contributed by atoms with Crippen LogP contribution in [-0.2, 0) is 13.2 Å². The molecule has 0 spiro atoms. The van der Waals surface area contributed by atoms with Crippen molar-refractivity contribution < 1.29 is 9.47 Å². The number of hydrogen-bond donors (Lipinski definition) is 1. The van der Waals surface area contributed by atoms with Crippen molar-refractivity contribution >= 4 is 11.3 Å². The van der Waals surface area contributed by atoms with Crippen molar-refractivity contribution in [1.82, 2.24) is 10.2 Å². The number of thiophene rings is 1. The van der Waals surface area contributed by atoms with Crippen LogP contribution in [0, 0.1) is 0 Å². The average Bonchev–Trinajstić information content (AvgIpc) is 3.10. The molecule has 3 rings (SSSR count). The zero-order chi connectivity index (χ0) is 16.9. The van der Waals surface area contributed by atoms with Gasteiger partial charge in [-0.1, -0.05) is 12.1 Å². The first-order valence-electron chi connectivity index (χ1n) is 8.45. The molecule has 1 aliphatic rings. The van der Waals surface area contributed by atoms with Gasteiger partial charge in [-0.05, 0) is 43.0 Å². The minimum Gasteiger partial charge on any atom is -0.493 e. The van der Waals surface area contributed by atoms with Crippen LogP contribution < -0.4 is 14.8 Å². The molecular weight excluding hydrogens is 320 g/mol. The minimum absolute atomic E-state index is 0.538. The van der Waals surface area contributed by atoms with Gasteiger partial charge in [-0.3, -0.25) is 4.90 Å². The molecule has 1 aromatic heterocycles. The molecule has 0 saturated carbocycles. The van der Waals surface area contributed by atoms with Gasteiger partial charge in [0.15, 0.2) is 11.5 Å². The highest BCUT2D eigenvalue weighted by Crippen LogP contribution is 2.30. The highest BCUT2D eigenvalue weighted by Gasteiger charge is 2.22. The maximum absolute atomic E-state index is 5.92. The Morgan fingerprint density at radius 2 is 2.12 bits per heavy atom. The predicted octanol–water partition coefficient (Wildman–Crippen LogP) is 3.52. The van der Waals surface area contributed by atoms with Gasteiger partial charge >= 0.3 is 0 Å². The smallest absolute Gasteiger partial charge is 0.161 e. The van der Waals surface area contributed by atoms with E-state index in [9.17, 15) is 0 Å². The molecule has 2 heterocycles. The molecular formula is C19H26N2O2S. The lowest BCUT2D eigenvalue weighted by molar-refractivity contribution is 0.138. The summed E-state index contributed by atoms with van der Waals surface area (Å²) in [4.78, 5) is 3.73. The Morgan fingerprint density at radius 1 is 1.25 bits per heavy atom. The minimum atomic E-state index is 0.538. The molecule has 0 bridgehead atoms. The molecule has 2 aromatic rings. The fourth-order valence-corrected chi connectivity index (χ4v) is 3.64. The van der Waals surface area contributed by atoms with E-state index >= 15 is 0 Å². The molecule has 2 unspecified atom stereocenters. The van der Waals surface area contributed by atoms with Crippen molar-refractivity contribution in [2.45, 2.75) is 39.1 Å². The SMILES string of the molecule is COc1cc(CN2CC(C)NCC2C)ccc1OCc1cccs1. The van der Waals surface area contributed by atoms with E-state index in [0.717, 1.165) is 31.1 Å². The quantitative estimate of drug-likeness (QED) is 0.868. The Hall–Kier alpha value is -1.56. The zero-order valence-corrected chi connectivity index (χ0v) is 15.4. The van der Waals surface area contributed by atoms with Crippen molar-refractivity contribution in [2.75, 3.05) is 20.2 Å². The van der Waals surface area contributed by atoms with Gasteiger partial charge < -0.3 is 14.8 Å². The first-order valence-corrected chi connectivity index (χ1v) is 9.33. The summed E-state index contributed by atoms with van der Waals surface area (Å²) in [6.07, 6.45) is 0. The van der Waals surface area contributed by atoms with Crippen LogP contribution in [0.4, 0.5) is 0 Å². The third kappa shape index (κ3) is 4.29. The fraction of sp³-hybridized carbons (Fsp3) is 0.474. The normalized spacial score (nSPS) is 21.6. The highest BCUT2D eigenvalue weighted by molar-refractivity contribution is 7.09. The van der Waals surface area contributed by atoms with Crippen LogP contribution >= 0.6 is 11.3 Å². The molecule has 0 aliphatic carbocycles. The van der Waals surface area contributed by atoms with Crippen LogP contribution in [0.25, 0.3) is 0 Å². The van der Waals surface area contributed by atoms with Gasteiger partial charge in [0, 0.05) is 36.6 Å². The van der Waals surface area contributed by atoms with Crippen LogP contribution in [0.2, 0.25) is 0 Å². The van der Waals surface area contributed by atoms with Gasteiger partial charge in [-0.25, -0.2) is 0 Å². The van der Waals surface area contributed by atoms with E-state index < -0.39 is 0 Å². The summed E-state index contributed by atoms with van der Waals surface area (Å²) in [7, 11) is 1.70. The Bertz CT molecular complexity index is 645. The molecule has 1 aliphatic heterocycles. The molecule has 0 radical (unpaired) electrons. The lowest BCUT2D eigenvalue weighted by atomic mass is 10.1. The molecule has 4 nitrogen and oxygen atoms in total. The van der Waals surface area contributed by atoms with E-state index in [1.165, 1.54) is 10.4 Å². The number of methoxy groups -OCH3 is 1. The first kappa shape index (κ1) is 17.3. The lowest BCUT2D eigenvalue weighted by Crippen LogP contribution is -2.53. The monoisotopic (exact) mass is 346 g/mol. The lowest BCUT2D eigenvalue weighted by Gasteiger charge is -2.37. The number of ether oxygens (including phenoxy) is 2. The molecule has 1 fully saturated rings. The van der Waals surface area contributed by atoms with Gasteiger partial charge in [0.2, 0.25) is 0 Å².